The highest BCUT2D eigenvalue weighted by Gasteiger charge is 2.12. The molecular formula is C14H18BrN3O2. The van der Waals surface area contributed by atoms with Gasteiger partial charge >= 0.3 is 0 Å². The fourth-order valence-corrected chi connectivity index (χ4v) is 2.29. The molecule has 0 spiro atoms. The predicted octanol–water partition coefficient (Wildman–Crippen LogP) is 3.04. The molecule has 5 nitrogen and oxygen atoms in total. The van der Waals surface area contributed by atoms with Crippen LogP contribution < -0.4 is 10.5 Å². The Labute approximate surface area is 126 Å². The highest BCUT2D eigenvalue weighted by atomic mass is 79.9. The lowest BCUT2D eigenvalue weighted by Gasteiger charge is -2.11. The van der Waals surface area contributed by atoms with Gasteiger partial charge in [0.15, 0.2) is 6.61 Å². The molecule has 0 fully saturated rings. The van der Waals surface area contributed by atoms with Crippen LogP contribution in [0.2, 0.25) is 0 Å². The molecule has 0 saturated carbocycles. The average molecular weight is 340 g/mol. The number of aromatic nitrogens is 2. The van der Waals surface area contributed by atoms with E-state index in [0.717, 1.165) is 22.2 Å². The van der Waals surface area contributed by atoms with E-state index in [2.05, 4.69) is 26.1 Å². The predicted molar refractivity (Wildman–Crippen MR) is 79.6 cm³/mol. The Hall–Kier alpha value is -1.40. The van der Waals surface area contributed by atoms with Crippen LogP contribution in [-0.4, -0.2) is 16.7 Å². The Morgan fingerprint density at radius 2 is 2.20 bits per heavy atom. The third-order valence-electron chi connectivity index (χ3n) is 2.79. The lowest BCUT2D eigenvalue weighted by atomic mass is 10.1. The molecule has 0 unspecified atom stereocenters. The van der Waals surface area contributed by atoms with Crippen LogP contribution in [0.1, 0.15) is 37.0 Å². The summed E-state index contributed by atoms with van der Waals surface area (Å²) in [5, 5.41) is 3.91. The molecule has 0 saturated heterocycles. The van der Waals surface area contributed by atoms with Crippen molar-refractivity contribution in [3.8, 4) is 5.75 Å². The first kappa shape index (κ1) is 15.0. The van der Waals surface area contributed by atoms with Crippen LogP contribution in [0.3, 0.4) is 0 Å². The highest BCUT2D eigenvalue weighted by molar-refractivity contribution is 9.10. The van der Waals surface area contributed by atoms with Gasteiger partial charge in [-0.05, 0) is 40.5 Å². The number of benzene rings is 1. The number of ether oxygens (including phenoxy) is 1. The second kappa shape index (κ2) is 6.85. The monoisotopic (exact) mass is 339 g/mol. The summed E-state index contributed by atoms with van der Waals surface area (Å²) in [5.74, 6) is 2.17. The van der Waals surface area contributed by atoms with Gasteiger partial charge in [-0.15, -0.1) is 0 Å². The standard InChI is InChI=1S/C14H18BrN3O2/c1-9(2)14-17-12(18-20-14)8-19-13-10(6-7-16)4-3-5-11(13)15/h3-5,9H,6-8,16H2,1-2H3. The normalized spacial score (nSPS) is 11.1. The number of rotatable bonds is 6. The van der Waals surface area contributed by atoms with E-state index in [1.54, 1.807) is 0 Å². The van der Waals surface area contributed by atoms with Gasteiger partial charge in [0.05, 0.1) is 4.47 Å². The molecule has 1 heterocycles. The van der Waals surface area contributed by atoms with Crippen LogP contribution in [0.15, 0.2) is 27.2 Å². The summed E-state index contributed by atoms with van der Waals surface area (Å²) in [4.78, 5) is 4.29. The third-order valence-corrected chi connectivity index (χ3v) is 3.41. The Balaban J connectivity index is 2.09. The first-order chi connectivity index (χ1) is 9.61. The molecule has 0 amide bonds. The second-order valence-electron chi connectivity index (χ2n) is 4.76. The van der Waals surface area contributed by atoms with Gasteiger partial charge in [0, 0.05) is 5.92 Å². The molecule has 0 aliphatic heterocycles. The van der Waals surface area contributed by atoms with Crippen molar-refractivity contribution < 1.29 is 9.26 Å². The summed E-state index contributed by atoms with van der Waals surface area (Å²) in [6.07, 6.45) is 0.762. The average Bonchev–Trinajstić information content (AvgIpc) is 2.87. The van der Waals surface area contributed by atoms with Crippen molar-refractivity contribution in [1.82, 2.24) is 10.1 Å². The van der Waals surface area contributed by atoms with Gasteiger partial charge in [0.25, 0.3) is 0 Å². The quantitative estimate of drug-likeness (QED) is 0.875. The summed E-state index contributed by atoms with van der Waals surface area (Å²) in [6, 6.07) is 5.90. The van der Waals surface area contributed by atoms with E-state index in [4.69, 9.17) is 15.0 Å². The van der Waals surface area contributed by atoms with Crippen LogP contribution in [-0.2, 0) is 13.0 Å². The Morgan fingerprint density at radius 1 is 1.40 bits per heavy atom. The second-order valence-corrected chi connectivity index (χ2v) is 5.61. The molecule has 20 heavy (non-hydrogen) atoms. The van der Waals surface area contributed by atoms with E-state index in [9.17, 15) is 0 Å². The largest absolute Gasteiger partial charge is 0.484 e. The van der Waals surface area contributed by atoms with E-state index in [1.807, 2.05) is 32.0 Å². The minimum atomic E-state index is 0.215. The van der Waals surface area contributed by atoms with Gasteiger partial charge in [-0.3, -0.25) is 0 Å². The molecule has 0 radical (unpaired) electrons. The molecule has 108 valence electrons. The van der Waals surface area contributed by atoms with E-state index >= 15 is 0 Å². The Bertz CT molecular complexity index is 569. The van der Waals surface area contributed by atoms with Gasteiger partial charge in [0.2, 0.25) is 11.7 Å². The van der Waals surface area contributed by atoms with Crippen molar-refractivity contribution >= 4 is 15.9 Å². The first-order valence-electron chi connectivity index (χ1n) is 6.54. The van der Waals surface area contributed by atoms with E-state index < -0.39 is 0 Å². The summed E-state index contributed by atoms with van der Waals surface area (Å²) in [5.41, 5.74) is 6.68. The lowest BCUT2D eigenvalue weighted by Crippen LogP contribution is -2.06. The maximum atomic E-state index is 5.81. The summed E-state index contributed by atoms with van der Waals surface area (Å²) < 4.78 is 11.9. The van der Waals surface area contributed by atoms with Gasteiger partial charge in [-0.1, -0.05) is 31.1 Å². The number of hydrogen-bond donors (Lipinski definition) is 1. The first-order valence-corrected chi connectivity index (χ1v) is 7.34. The third kappa shape index (κ3) is 3.58. The fraction of sp³-hybridized carbons (Fsp3) is 0.429. The van der Waals surface area contributed by atoms with E-state index in [1.165, 1.54) is 0 Å². The number of hydrogen-bond acceptors (Lipinski definition) is 5. The van der Waals surface area contributed by atoms with Crippen molar-refractivity contribution in [1.29, 1.82) is 0 Å². The van der Waals surface area contributed by atoms with Crippen LogP contribution in [0.5, 0.6) is 5.75 Å². The molecule has 2 aromatic rings. The Morgan fingerprint density at radius 3 is 2.85 bits per heavy atom. The van der Waals surface area contributed by atoms with Crippen LogP contribution in [0, 0.1) is 0 Å². The zero-order chi connectivity index (χ0) is 14.5. The van der Waals surface area contributed by atoms with Crippen LogP contribution in [0.4, 0.5) is 0 Å². The van der Waals surface area contributed by atoms with Gasteiger partial charge in [0.1, 0.15) is 5.75 Å². The minimum absolute atomic E-state index is 0.215. The molecule has 0 atom stereocenters. The van der Waals surface area contributed by atoms with Crippen molar-refractivity contribution in [3.05, 3.63) is 40.0 Å². The minimum Gasteiger partial charge on any atom is -0.484 e. The zero-order valence-corrected chi connectivity index (χ0v) is 13.2. The zero-order valence-electron chi connectivity index (χ0n) is 11.6. The molecule has 6 heteroatoms. The van der Waals surface area contributed by atoms with Crippen LogP contribution >= 0.6 is 15.9 Å². The number of halogens is 1. The topological polar surface area (TPSA) is 74.2 Å². The van der Waals surface area contributed by atoms with Crippen molar-refractivity contribution in [2.45, 2.75) is 32.8 Å². The molecule has 2 N–H and O–H groups in total. The van der Waals surface area contributed by atoms with Gasteiger partial charge < -0.3 is 15.0 Å². The SMILES string of the molecule is CC(C)c1nc(COc2c(Br)cccc2CCN)no1. The fourth-order valence-electron chi connectivity index (χ4n) is 1.76. The van der Waals surface area contributed by atoms with E-state index in [-0.39, 0.29) is 12.5 Å². The number of para-hydroxylation sites is 1. The van der Waals surface area contributed by atoms with Crippen molar-refractivity contribution in [2.75, 3.05) is 6.54 Å². The molecule has 1 aromatic carbocycles. The molecular weight excluding hydrogens is 322 g/mol. The lowest BCUT2D eigenvalue weighted by molar-refractivity contribution is 0.280. The number of nitrogens with two attached hydrogens (primary N) is 1. The molecule has 0 aliphatic rings. The smallest absolute Gasteiger partial charge is 0.229 e. The van der Waals surface area contributed by atoms with Crippen molar-refractivity contribution in [2.24, 2.45) is 5.73 Å². The summed E-state index contributed by atoms with van der Waals surface area (Å²) in [7, 11) is 0. The molecule has 0 aliphatic carbocycles. The van der Waals surface area contributed by atoms with E-state index in [0.29, 0.717) is 18.3 Å². The van der Waals surface area contributed by atoms with Crippen molar-refractivity contribution in [3.63, 3.8) is 0 Å². The Kier molecular flexibility index (Phi) is 5.14. The maximum absolute atomic E-state index is 5.81. The van der Waals surface area contributed by atoms with Gasteiger partial charge in [-0.25, -0.2) is 0 Å². The summed E-state index contributed by atoms with van der Waals surface area (Å²) >= 11 is 3.49. The number of nitrogens with zero attached hydrogens (tertiary/aromatic N) is 2. The molecule has 1 aromatic heterocycles. The van der Waals surface area contributed by atoms with Crippen LogP contribution in [0.25, 0.3) is 0 Å². The van der Waals surface area contributed by atoms with Gasteiger partial charge in [-0.2, -0.15) is 4.98 Å². The highest BCUT2D eigenvalue weighted by Crippen LogP contribution is 2.30. The summed E-state index contributed by atoms with van der Waals surface area (Å²) in [6.45, 7) is 4.86. The maximum Gasteiger partial charge on any atom is 0.229 e. The molecule has 0 bridgehead atoms. The molecule has 2 rings (SSSR count).